The summed E-state index contributed by atoms with van der Waals surface area (Å²) < 4.78 is 0. The van der Waals surface area contributed by atoms with Gasteiger partial charge in [-0.25, -0.2) is 0 Å². The van der Waals surface area contributed by atoms with Gasteiger partial charge in [0.25, 0.3) is 0 Å². The van der Waals surface area contributed by atoms with E-state index in [1.54, 1.807) is 0 Å². The third-order valence-electron chi connectivity index (χ3n) is 7.41. The minimum atomic E-state index is -3.02. The molecule has 154 valence electrons. The van der Waals surface area contributed by atoms with E-state index in [1.807, 2.05) is 0 Å². The second kappa shape index (κ2) is 7.52. The molecule has 1 aliphatic rings. The Morgan fingerprint density at radius 3 is 1.67 bits per heavy atom. The van der Waals surface area contributed by atoms with E-state index in [4.69, 9.17) is 11.6 Å². The van der Waals surface area contributed by atoms with Gasteiger partial charge in [-0.1, -0.05) is 0 Å². The van der Waals surface area contributed by atoms with Crippen molar-refractivity contribution in [1.82, 2.24) is 0 Å². The Balaban J connectivity index is 2.31. The summed E-state index contributed by atoms with van der Waals surface area (Å²) >= 11 is 7.31. The average molecular weight is 433 g/mol. The zero-order chi connectivity index (χ0) is 21.5. The van der Waals surface area contributed by atoms with Crippen molar-refractivity contribution in [1.29, 1.82) is 0 Å². The molecule has 0 spiro atoms. The molecule has 0 atom stereocenters. The predicted octanol–water partition coefficient (Wildman–Crippen LogP) is 6.88. The van der Waals surface area contributed by atoms with Crippen LogP contribution in [0.3, 0.4) is 0 Å². The molecule has 0 nitrogen and oxygen atoms in total. The molecule has 3 aromatic rings. The van der Waals surface area contributed by atoms with Crippen LogP contribution in [0, 0.1) is 27.7 Å². The van der Waals surface area contributed by atoms with Crippen molar-refractivity contribution >= 4 is 34.1 Å². The molecule has 0 saturated carbocycles. The van der Waals surface area contributed by atoms with Crippen LogP contribution < -0.4 is 15.9 Å². The fourth-order valence-electron chi connectivity index (χ4n) is 5.25. The van der Waals surface area contributed by atoms with Crippen LogP contribution in [0.15, 0.2) is 84.2 Å². The molecule has 2 heteroatoms. The molecule has 4 rings (SSSR count). The molecule has 30 heavy (non-hydrogen) atoms. The van der Waals surface area contributed by atoms with Crippen molar-refractivity contribution < 1.29 is 0 Å². The maximum absolute atomic E-state index is 7.31. The first-order chi connectivity index (χ1) is 14.3. The van der Waals surface area contributed by atoms with Gasteiger partial charge in [0.1, 0.15) is 0 Å². The fourth-order valence-corrected chi connectivity index (χ4v) is 12.4. The van der Waals surface area contributed by atoms with E-state index >= 15 is 0 Å². The molecular formula is C28H30ClP. The van der Waals surface area contributed by atoms with Crippen molar-refractivity contribution in [3.05, 3.63) is 111 Å². The first kappa shape index (κ1) is 21.1. The van der Waals surface area contributed by atoms with Crippen LogP contribution in [0.5, 0.6) is 0 Å². The van der Waals surface area contributed by atoms with Crippen LogP contribution in [0.1, 0.15) is 28.7 Å². The van der Waals surface area contributed by atoms with Crippen LogP contribution in [0.25, 0.3) is 0 Å². The number of allylic oxidation sites excluding steroid dienone is 4. The molecule has 1 aliphatic carbocycles. The normalized spacial score (nSPS) is 15.0. The second-order valence-electron chi connectivity index (χ2n) is 8.69. The summed E-state index contributed by atoms with van der Waals surface area (Å²) in [5.41, 5.74) is 5.17. The van der Waals surface area contributed by atoms with Gasteiger partial charge in [-0.05, 0) is 0 Å². The van der Waals surface area contributed by atoms with E-state index in [2.05, 4.69) is 113 Å². The number of halogens is 1. The first-order valence-corrected chi connectivity index (χ1v) is 13.6. The monoisotopic (exact) mass is 432 g/mol. The van der Waals surface area contributed by atoms with Gasteiger partial charge >= 0.3 is 186 Å². The van der Waals surface area contributed by atoms with Crippen molar-refractivity contribution in [3.8, 4) is 0 Å². The number of benzene rings is 3. The molecule has 0 radical (unpaired) electrons. The van der Waals surface area contributed by atoms with Gasteiger partial charge in [-0.3, -0.25) is 0 Å². The maximum atomic E-state index is 7.31. The van der Waals surface area contributed by atoms with Gasteiger partial charge in [0, 0.05) is 0 Å². The van der Waals surface area contributed by atoms with E-state index < -0.39 is 6.60 Å². The van der Waals surface area contributed by atoms with E-state index in [-0.39, 0.29) is 0 Å². The molecule has 0 fully saturated rings. The first-order valence-electron chi connectivity index (χ1n) is 10.6. The molecule has 0 saturated heterocycles. The van der Waals surface area contributed by atoms with Gasteiger partial charge < -0.3 is 0 Å². The second-order valence-corrected chi connectivity index (χ2v) is 14.3. The third-order valence-corrected chi connectivity index (χ3v) is 14.6. The summed E-state index contributed by atoms with van der Waals surface area (Å²) in [4.78, 5) is 0. The van der Waals surface area contributed by atoms with Crippen LogP contribution >= 0.6 is 18.2 Å². The van der Waals surface area contributed by atoms with Crippen LogP contribution in [-0.2, 0) is 0 Å². The van der Waals surface area contributed by atoms with Gasteiger partial charge in [0.2, 0.25) is 0 Å². The SMILES string of the molecule is Cc1c(C)c(C)c(P(C)(C2=CC=CC2)(c2ccccc2)c2ccccc2)c(Cl)c1C. The summed E-state index contributed by atoms with van der Waals surface area (Å²) in [5.74, 6) is 0. The van der Waals surface area contributed by atoms with E-state index in [0.717, 1.165) is 11.4 Å². The van der Waals surface area contributed by atoms with Crippen LogP contribution in [0.2, 0.25) is 5.02 Å². The molecule has 3 aromatic carbocycles. The molecule has 0 aliphatic heterocycles. The quantitative estimate of drug-likeness (QED) is 0.394. The Morgan fingerprint density at radius 1 is 0.700 bits per heavy atom. The molecule has 0 unspecified atom stereocenters. The molecular weight excluding hydrogens is 403 g/mol. The summed E-state index contributed by atoms with van der Waals surface area (Å²) in [7, 11) is 0. The summed E-state index contributed by atoms with van der Waals surface area (Å²) in [6.07, 6.45) is 7.80. The Labute approximate surface area is 186 Å². The molecule has 0 aromatic heterocycles. The number of rotatable bonds is 4. The summed E-state index contributed by atoms with van der Waals surface area (Å²) in [5, 5.41) is 6.48. The van der Waals surface area contributed by atoms with E-state index in [9.17, 15) is 0 Å². The van der Waals surface area contributed by atoms with Gasteiger partial charge in [-0.15, -0.1) is 0 Å². The Morgan fingerprint density at radius 2 is 1.20 bits per heavy atom. The van der Waals surface area contributed by atoms with E-state index in [0.29, 0.717) is 0 Å². The zero-order valence-corrected chi connectivity index (χ0v) is 20.2. The molecule has 0 amide bonds. The van der Waals surface area contributed by atoms with Crippen molar-refractivity contribution in [2.24, 2.45) is 0 Å². The van der Waals surface area contributed by atoms with Crippen molar-refractivity contribution in [2.75, 3.05) is 6.66 Å². The van der Waals surface area contributed by atoms with Crippen molar-refractivity contribution in [3.63, 3.8) is 0 Å². The summed E-state index contributed by atoms with van der Waals surface area (Å²) in [6.45, 7) is 8.37. The van der Waals surface area contributed by atoms with Gasteiger partial charge in [-0.2, -0.15) is 0 Å². The molecule has 0 bridgehead atoms. The van der Waals surface area contributed by atoms with Crippen molar-refractivity contribution in [2.45, 2.75) is 34.1 Å². The van der Waals surface area contributed by atoms with Crippen LogP contribution in [0.4, 0.5) is 0 Å². The number of hydrogen-bond acceptors (Lipinski definition) is 0. The van der Waals surface area contributed by atoms with E-state index in [1.165, 1.54) is 43.5 Å². The topological polar surface area (TPSA) is 0 Å². The molecule has 0 heterocycles. The van der Waals surface area contributed by atoms with Gasteiger partial charge in [0.15, 0.2) is 0 Å². The Bertz CT molecular complexity index is 1100. The summed E-state index contributed by atoms with van der Waals surface area (Å²) in [6, 6.07) is 22.1. The standard InChI is InChI=1S/C28H30ClP/c1-20-21(2)23(4)28(27(29)22(20)3)30(5,26-18-12-13-19-26,24-14-8-6-9-15-24)25-16-10-7-11-17-25/h6-18H,19H2,1-5H3. The average Bonchev–Trinajstić information content (AvgIpc) is 3.34. The fraction of sp³-hybridized carbons (Fsp3) is 0.214. The third kappa shape index (κ3) is 2.71. The Hall–Kier alpha value is -2.14. The number of hydrogen-bond donors (Lipinski definition) is 0. The van der Waals surface area contributed by atoms with Crippen LogP contribution in [-0.4, -0.2) is 6.66 Å². The molecule has 0 N–H and O–H groups in total. The predicted molar refractivity (Wildman–Crippen MR) is 137 cm³/mol. The minimum absolute atomic E-state index is 0.927. The van der Waals surface area contributed by atoms with Gasteiger partial charge in [0.05, 0.1) is 0 Å². The Kier molecular flexibility index (Phi) is 5.29. The zero-order valence-electron chi connectivity index (χ0n) is 18.5.